The molecule has 4 nitrogen and oxygen atoms in total. The molecule has 0 spiro atoms. The molecular formula is C15H20N2O2S. The van der Waals surface area contributed by atoms with E-state index in [0.29, 0.717) is 6.54 Å². The predicted molar refractivity (Wildman–Crippen MR) is 81.1 cm³/mol. The molecular weight excluding hydrogens is 272 g/mol. The molecule has 0 fully saturated rings. The second-order valence-electron chi connectivity index (χ2n) is 4.85. The molecule has 0 bridgehead atoms. The largest absolute Gasteiger partial charge is 0.497 e. The first-order chi connectivity index (χ1) is 9.58. The number of rotatable bonds is 6. The van der Waals surface area contributed by atoms with Crippen molar-refractivity contribution in [3.05, 3.63) is 45.9 Å². The fraction of sp³-hybridized carbons (Fsp3) is 0.400. The van der Waals surface area contributed by atoms with E-state index in [0.717, 1.165) is 28.6 Å². The van der Waals surface area contributed by atoms with Crippen molar-refractivity contribution in [2.24, 2.45) is 0 Å². The molecule has 1 heterocycles. The molecule has 1 N–H and O–H groups in total. The number of nitrogens with zero attached hydrogens (tertiary/aromatic N) is 2. The van der Waals surface area contributed by atoms with Crippen LogP contribution in [0, 0.1) is 6.92 Å². The number of aromatic nitrogens is 1. The Bertz CT molecular complexity index is 556. The lowest BCUT2D eigenvalue weighted by atomic mass is 10.1. The van der Waals surface area contributed by atoms with Gasteiger partial charge in [-0.3, -0.25) is 4.90 Å². The van der Waals surface area contributed by atoms with Crippen LogP contribution >= 0.6 is 11.3 Å². The molecule has 2 rings (SSSR count). The van der Waals surface area contributed by atoms with Crippen LogP contribution in [0.1, 0.15) is 22.4 Å². The summed E-state index contributed by atoms with van der Waals surface area (Å²) in [6.07, 6.45) is -0.533. The third-order valence-electron chi connectivity index (χ3n) is 3.06. The fourth-order valence-electron chi connectivity index (χ4n) is 2.07. The maximum atomic E-state index is 10.3. The molecule has 0 saturated heterocycles. The molecule has 108 valence electrons. The lowest BCUT2D eigenvalue weighted by Gasteiger charge is -2.20. The number of hydrogen-bond donors (Lipinski definition) is 1. The van der Waals surface area contributed by atoms with Crippen LogP contribution in [-0.2, 0) is 6.54 Å². The summed E-state index contributed by atoms with van der Waals surface area (Å²) in [4.78, 5) is 6.50. The molecule has 0 amide bonds. The summed E-state index contributed by atoms with van der Waals surface area (Å²) in [5.74, 6) is 0.763. The Labute approximate surface area is 123 Å². The van der Waals surface area contributed by atoms with Crippen LogP contribution in [0.2, 0.25) is 0 Å². The minimum atomic E-state index is -0.533. The van der Waals surface area contributed by atoms with E-state index in [-0.39, 0.29) is 0 Å². The maximum absolute atomic E-state index is 10.3. The monoisotopic (exact) mass is 292 g/mol. The molecule has 0 aliphatic heterocycles. The number of hydrogen-bond acceptors (Lipinski definition) is 5. The van der Waals surface area contributed by atoms with Crippen molar-refractivity contribution in [1.82, 2.24) is 9.88 Å². The first-order valence-electron chi connectivity index (χ1n) is 6.50. The van der Waals surface area contributed by atoms with Crippen molar-refractivity contribution in [1.29, 1.82) is 0 Å². The van der Waals surface area contributed by atoms with E-state index in [9.17, 15) is 5.11 Å². The third-order valence-corrected chi connectivity index (χ3v) is 3.88. The normalized spacial score (nSPS) is 12.7. The van der Waals surface area contributed by atoms with Gasteiger partial charge in [-0.15, -0.1) is 11.3 Å². The zero-order valence-electron chi connectivity index (χ0n) is 12.0. The average Bonchev–Trinajstić information content (AvgIpc) is 2.83. The quantitative estimate of drug-likeness (QED) is 0.889. The van der Waals surface area contributed by atoms with Gasteiger partial charge in [-0.05, 0) is 31.7 Å². The van der Waals surface area contributed by atoms with Crippen molar-refractivity contribution in [3.63, 3.8) is 0 Å². The van der Waals surface area contributed by atoms with Crippen molar-refractivity contribution in [2.45, 2.75) is 19.6 Å². The molecule has 1 unspecified atom stereocenters. The standard InChI is InChI=1S/C15H20N2O2S/c1-11-16-13(10-20-11)8-17(2)9-15(18)12-5-4-6-14(7-12)19-3/h4-7,10,15,18H,8-9H2,1-3H3. The van der Waals surface area contributed by atoms with Crippen LogP contribution < -0.4 is 4.74 Å². The Balaban J connectivity index is 1.94. The minimum absolute atomic E-state index is 0.533. The van der Waals surface area contributed by atoms with Gasteiger partial charge in [0, 0.05) is 18.5 Å². The van der Waals surface area contributed by atoms with E-state index in [1.54, 1.807) is 18.4 Å². The predicted octanol–water partition coefficient (Wildman–Crippen LogP) is 2.63. The van der Waals surface area contributed by atoms with Crippen LogP contribution in [0.4, 0.5) is 0 Å². The van der Waals surface area contributed by atoms with Crippen LogP contribution in [-0.4, -0.2) is 35.7 Å². The summed E-state index contributed by atoms with van der Waals surface area (Å²) in [6.45, 7) is 3.30. The zero-order valence-corrected chi connectivity index (χ0v) is 12.9. The number of likely N-dealkylation sites (N-methyl/N-ethyl adjacent to an activating group) is 1. The van der Waals surface area contributed by atoms with Gasteiger partial charge in [0.25, 0.3) is 0 Å². The summed E-state index contributed by atoms with van der Waals surface area (Å²) < 4.78 is 5.18. The number of aryl methyl sites for hydroxylation is 1. The molecule has 0 radical (unpaired) electrons. The number of aliphatic hydroxyl groups excluding tert-OH is 1. The average molecular weight is 292 g/mol. The molecule has 5 heteroatoms. The molecule has 0 saturated carbocycles. The molecule has 0 aliphatic rings. The van der Waals surface area contributed by atoms with Gasteiger partial charge in [-0.1, -0.05) is 12.1 Å². The molecule has 0 aliphatic carbocycles. The highest BCUT2D eigenvalue weighted by molar-refractivity contribution is 7.09. The Morgan fingerprint density at radius 1 is 1.45 bits per heavy atom. The molecule has 1 aromatic carbocycles. The lowest BCUT2D eigenvalue weighted by Crippen LogP contribution is -2.24. The lowest BCUT2D eigenvalue weighted by molar-refractivity contribution is 0.123. The first kappa shape index (κ1) is 15.0. The smallest absolute Gasteiger partial charge is 0.119 e. The van der Waals surface area contributed by atoms with E-state index < -0.39 is 6.10 Å². The summed E-state index contributed by atoms with van der Waals surface area (Å²) in [5.41, 5.74) is 1.92. The summed E-state index contributed by atoms with van der Waals surface area (Å²) in [6, 6.07) is 7.54. The molecule has 20 heavy (non-hydrogen) atoms. The topological polar surface area (TPSA) is 45.6 Å². The van der Waals surface area contributed by atoms with Crippen LogP contribution in [0.15, 0.2) is 29.6 Å². The van der Waals surface area contributed by atoms with E-state index >= 15 is 0 Å². The zero-order chi connectivity index (χ0) is 14.5. The van der Waals surface area contributed by atoms with Crippen LogP contribution in [0.5, 0.6) is 5.75 Å². The van der Waals surface area contributed by atoms with Gasteiger partial charge < -0.3 is 9.84 Å². The minimum Gasteiger partial charge on any atom is -0.497 e. The van der Waals surface area contributed by atoms with Crippen molar-refractivity contribution >= 4 is 11.3 Å². The summed E-state index contributed by atoms with van der Waals surface area (Å²) in [7, 11) is 3.61. The van der Waals surface area contributed by atoms with E-state index in [2.05, 4.69) is 15.3 Å². The van der Waals surface area contributed by atoms with Crippen LogP contribution in [0.25, 0.3) is 0 Å². The van der Waals surface area contributed by atoms with Gasteiger partial charge >= 0.3 is 0 Å². The van der Waals surface area contributed by atoms with Gasteiger partial charge in [0.15, 0.2) is 0 Å². The van der Waals surface area contributed by atoms with Gasteiger partial charge in [-0.2, -0.15) is 0 Å². The SMILES string of the molecule is COc1cccc(C(O)CN(C)Cc2csc(C)n2)c1. The third kappa shape index (κ3) is 4.03. The maximum Gasteiger partial charge on any atom is 0.119 e. The summed E-state index contributed by atoms with van der Waals surface area (Å²) >= 11 is 1.65. The first-order valence-corrected chi connectivity index (χ1v) is 7.38. The highest BCUT2D eigenvalue weighted by Gasteiger charge is 2.12. The van der Waals surface area contributed by atoms with Gasteiger partial charge in [0.1, 0.15) is 5.75 Å². The highest BCUT2D eigenvalue weighted by atomic mass is 32.1. The fourth-order valence-corrected chi connectivity index (χ4v) is 2.68. The van der Waals surface area contributed by atoms with E-state index in [1.807, 2.05) is 38.2 Å². The van der Waals surface area contributed by atoms with Gasteiger partial charge in [0.2, 0.25) is 0 Å². The number of aliphatic hydroxyl groups is 1. The van der Waals surface area contributed by atoms with Gasteiger partial charge in [-0.25, -0.2) is 4.98 Å². The number of ether oxygens (including phenoxy) is 1. The molecule has 1 aromatic heterocycles. The second kappa shape index (κ2) is 6.83. The molecule has 1 atom stereocenters. The van der Waals surface area contributed by atoms with E-state index in [4.69, 9.17) is 4.74 Å². The van der Waals surface area contributed by atoms with Crippen LogP contribution in [0.3, 0.4) is 0 Å². The Morgan fingerprint density at radius 3 is 2.90 bits per heavy atom. The molecule has 2 aromatic rings. The van der Waals surface area contributed by atoms with Crippen molar-refractivity contribution in [2.75, 3.05) is 20.7 Å². The number of benzene rings is 1. The van der Waals surface area contributed by atoms with E-state index in [1.165, 1.54) is 0 Å². The van der Waals surface area contributed by atoms with Gasteiger partial charge in [0.05, 0.1) is 23.9 Å². The van der Waals surface area contributed by atoms with Crippen molar-refractivity contribution < 1.29 is 9.84 Å². The Kier molecular flexibility index (Phi) is 5.11. The second-order valence-corrected chi connectivity index (χ2v) is 5.91. The Hall–Kier alpha value is -1.43. The highest BCUT2D eigenvalue weighted by Crippen LogP contribution is 2.20. The summed E-state index contributed by atoms with van der Waals surface area (Å²) in [5, 5.41) is 13.4. The number of methoxy groups -OCH3 is 1. The number of thiazole rings is 1. The van der Waals surface area contributed by atoms with Crippen molar-refractivity contribution in [3.8, 4) is 5.75 Å². The Morgan fingerprint density at radius 2 is 2.25 bits per heavy atom.